The lowest BCUT2D eigenvalue weighted by atomic mass is 9.93. The number of unbranched alkanes of at least 4 members (excludes halogenated alkanes) is 5. The molecule has 1 aliphatic heterocycles. The van der Waals surface area contributed by atoms with Gasteiger partial charge in [0.2, 0.25) is 17.8 Å². The summed E-state index contributed by atoms with van der Waals surface area (Å²) in [6.07, 6.45) is 13.1. The Morgan fingerprint density at radius 1 is 1.04 bits per heavy atom. The molecule has 26 heavy (non-hydrogen) atoms. The van der Waals surface area contributed by atoms with Gasteiger partial charge >= 0.3 is 0 Å². The highest BCUT2D eigenvalue weighted by molar-refractivity contribution is 5.95. The number of rotatable bonds is 10. The number of nitrogens with one attached hydrogen (secondary N) is 1. The van der Waals surface area contributed by atoms with E-state index in [1.165, 1.54) is 25.7 Å². The zero-order valence-electron chi connectivity index (χ0n) is 16.0. The molecule has 0 aromatic carbocycles. The molecular formula is C20H32N4O2. The topological polar surface area (TPSA) is 75.2 Å². The molecule has 2 amide bonds. The minimum absolute atomic E-state index is 0.124. The minimum atomic E-state index is -0.129. The quantitative estimate of drug-likeness (QED) is 0.647. The minimum Gasteiger partial charge on any atom is -0.341 e. The van der Waals surface area contributed by atoms with Crippen LogP contribution in [0.5, 0.6) is 0 Å². The van der Waals surface area contributed by atoms with E-state index >= 15 is 0 Å². The first kappa shape index (κ1) is 20.3. The van der Waals surface area contributed by atoms with Crippen LogP contribution in [-0.4, -0.2) is 34.9 Å². The average molecular weight is 361 g/mol. The maximum absolute atomic E-state index is 12.1. The van der Waals surface area contributed by atoms with Crippen LogP contribution in [0.2, 0.25) is 0 Å². The van der Waals surface area contributed by atoms with E-state index in [4.69, 9.17) is 0 Å². The molecule has 6 heteroatoms. The second-order valence-electron chi connectivity index (χ2n) is 7.17. The highest BCUT2D eigenvalue weighted by Gasteiger charge is 2.23. The third kappa shape index (κ3) is 7.50. The number of hydrogen-bond donors (Lipinski definition) is 1. The fourth-order valence-corrected chi connectivity index (χ4v) is 3.39. The summed E-state index contributed by atoms with van der Waals surface area (Å²) in [6, 6.07) is 1.81. The molecule has 1 N–H and O–H groups in total. The molecule has 1 aliphatic rings. The SMILES string of the molecule is CCCCCCCCC(=O)NC(=O)CC1CCN(c2ncccn2)CC1. The summed E-state index contributed by atoms with van der Waals surface area (Å²) < 4.78 is 0. The third-order valence-corrected chi connectivity index (χ3v) is 4.96. The van der Waals surface area contributed by atoms with Crippen molar-refractivity contribution in [3.63, 3.8) is 0 Å². The van der Waals surface area contributed by atoms with Crippen molar-refractivity contribution in [3.8, 4) is 0 Å². The van der Waals surface area contributed by atoms with Crippen LogP contribution in [0.15, 0.2) is 18.5 Å². The van der Waals surface area contributed by atoms with E-state index in [9.17, 15) is 9.59 Å². The molecule has 1 aromatic rings. The van der Waals surface area contributed by atoms with Crippen molar-refractivity contribution in [2.24, 2.45) is 5.92 Å². The predicted molar refractivity (Wildman–Crippen MR) is 103 cm³/mol. The summed E-state index contributed by atoms with van der Waals surface area (Å²) in [5.41, 5.74) is 0. The first-order valence-corrected chi connectivity index (χ1v) is 10.0. The summed E-state index contributed by atoms with van der Waals surface area (Å²) in [6.45, 7) is 3.90. The average Bonchev–Trinajstić information content (AvgIpc) is 2.66. The number of imide groups is 1. The second-order valence-corrected chi connectivity index (χ2v) is 7.17. The van der Waals surface area contributed by atoms with Crippen molar-refractivity contribution in [3.05, 3.63) is 18.5 Å². The number of nitrogens with zero attached hydrogens (tertiary/aromatic N) is 3. The summed E-state index contributed by atoms with van der Waals surface area (Å²) in [7, 11) is 0. The fraction of sp³-hybridized carbons (Fsp3) is 0.700. The van der Waals surface area contributed by atoms with E-state index in [1.807, 2.05) is 6.07 Å². The zero-order valence-corrected chi connectivity index (χ0v) is 16.0. The molecule has 1 aromatic heterocycles. The van der Waals surface area contributed by atoms with Gasteiger partial charge in [0.15, 0.2) is 0 Å². The highest BCUT2D eigenvalue weighted by Crippen LogP contribution is 2.22. The second kappa shape index (κ2) is 11.6. The monoisotopic (exact) mass is 360 g/mol. The Morgan fingerprint density at radius 2 is 1.69 bits per heavy atom. The normalized spacial score (nSPS) is 15.0. The Kier molecular flexibility index (Phi) is 9.07. The van der Waals surface area contributed by atoms with Crippen molar-refractivity contribution >= 4 is 17.8 Å². The molecule has 1 fully saturated rings. The van der Waals surface area contributed by atoms with E-state index in [0.717, 1.165) is 44.7 Å². The summed E-state index contributed by atoms with van der Waals surface area (Å²) in [5.74, 6) is 0.831. The van der Waals surface area contributed by atoms with E-state index < -0.39 is 0 Å². The zero-order chi connectivity index (χ0) is 18.6. The lowest BCUT2D eigenvalue weighted by Gasteiger charge is -2.31. The van der Waals surface area contributed by atoms with E-state index in [2.05, 4.69) is 27.1 Å². The molecule has 0 radical (unpaired) electrons. The molecule has 0 saturated carbocycles. The summed E-state index contributed by atoms with van der Waals surface area (Å²) in [5, 5.41) is 2.56. The maximum atomic E-state index is 12.1. The summed E-state index contributed by atoms with van der Waals surface area (Å²) in [4.78, 5) is 34.6. The van der Waals surface area contributed by atoms with Crippen molar-refractivity contribution in [2.45, 2.75) is 71.1 Å². The van der Waals surface area contributed by atoms with Crippen molar-refractivity contribution in [1.82, 2.24) is 15.3 Å². The maximum Gasteiger partial charge on any atom is 0.226 e. The Balaban J connectivity index is 1.58. The van der Waals surface area contributed by atoms with Gasteiger partial charge in [0.1, 0.15) is 0 Å². The Labute approximate surface area is 156 Å². The fourth-order valence-electron chi connectivity index (χ4n) is 3.39. The predicted octanol–water partition coefficient (Wildman–Crippen LogP) is 3.48. The molecule has 2 rings (SSSR count). The molecule has 1 saturated heterocycles. The van der Waals surface area contributed by atoms with Crippen molar-refractivity contribution in [1.29, 1.82) is 0 Å². The van der Waals surface area contributed by atoms with Gasteiger partial charge in [0, 0.05) is 38.3 Å². The van der Waals surface area contributed by atoms with Gasteiger partial charge in [0.25, 0.3) is 0 Å². The largest absolute Gasteiger partial charge is 0.341 e. The van der Waals surface area contributed by atoms with Crippen LogP contribution in [0, 0.1) is 5.92 Å². The number of aromatic nitrogens is 2. The molecule has 0 spiro atoms. The van der Waals surface area contributed by atoms with Crippen LogP contribution in [0.1, 0.15) is 71.1 Å². The first-order chi connectivity index (χ1) is 12.7. The highest BCUT2D eigenvalue weighted by atomic mass is 16.2. The third-order valence-electron chi connectivity index (χ3n) is 4.96. The summed E-state index contributed by atoms with van der Waals surface area (Å²) >= 11 is 0. The number of hydrogen-bond acceptors (Lipinski definition) is 5. The van der Waals surface area contributed by atoms with E-state index in [1.54, 1.807) is 12.4 Å². The molecule has 6 nitrogen and oxygen atoms in total. The van der Waals surface area contributed by atoms with Gasteiger partial charge in [-0.05, 0) is 31.2 Å². The molecule has 0 bridgehead atoms. The van der Waals surface area contributed by atoms with Crippen molar-refractivity contribution < 1.29 is 9.59 Å². The molecule has 2 heterocycles. The Hall–Kier alpha value is -1.98. The van der Waals surface area contributed by atoms with Gasteiger partial charge < -0.3 is 4.90 Å². The van der Waals surface area contributed by atoms with Gasteiger partial charge in [0.05, 0.1) is 0 Å². The number of carbonyl (C=O) groups is 2. The molecule has 0 atom stereocenters. The van der Waals surface area contributed by atoms with Crippen LogP contribution >= 0.6 is 0 Å². The number of anilines is 1. The van der Waals surface area contributed by atoms with Gasteiger partial charge in [-0.1, -0.05) is 39.0 Å². The van der Waals surface area contributed by atoms with Gasteiger partial charge in [-0.25, -0.2) is 9.97 Å². The van der Waals surface area contributed by atoms with Crippen molar-refractivity contribution in [2.75, 3.05) is 18.0 Å². The Morgan fingerprint density at radius 3 is 2.38 bits per heavy atom. The molecular weight excluding hydrogens is 328 g/mol. The lowest BCUT2D eigenvalue weighted by Crippen LogP contribution is -2.37. The van der Waals surface area contributed by atoms with Gasteiger partial charge in [-0.3, -0.25) is 14.9 Å². The van der Waals surface area contributed by atoms with E-state index in [-0.39, 0.29) is 11.8 Å². The molecule has 0 aliphatic carbocycles. The molecule has 0 unspecified atom stereocenters. The smallest absolute Gasteiger partial charge is 0.226 e. The van der Waals surface area contributed by atoms with Crippen LogP contribution in [-0.2, 0) is 9.59 Å². The Bertz CT molecular complexity index is 542. The van der Waals surface area contributed by atoms with Gasteiger partial charge in [-0.2, -0.15) is 0 Å². The van der Waals surface area contributed by atoms with E-state index in [0.29, 0.717) is 18.8 Å². The first-order valence-electron chi connectivity index (χ1n) is 10.0. The van der Waals surface area contributed by atoms with Crippen LogP contribution in [0.3, 0.4) is 0 Å². The van der Waals surface area contributed by atoms with Crippen LogP contribution < -0.4 is 10.2 Å². The van der Waals surface area contributed by atoms with Crippen LogP contribution in [0.25, 0.3) is 0 Å². The standard InChI is InChI=1S/C20H32N4O2/c1-2-3-4-5-6-7-9-18(25)23-19(26)16-17-10-14-24(15-11-17)20-21-12-8-13-22-20/h8,12-13,17H,2-7,9-11,14-16H2,1H3,(H,23,25,26). The van der Waals surface area contributed by atoms with Crippen LogP contribution in [0.4, 0.5) is 5.95 Å². The molecule has 144 valence electrons. The number of carbonyl (C=O) groups excluding carboxylic acids is 2. The number of amides is 2. The lowest BCUT2D eigenvalue weighted by molar-refractivity contribution is -0.131. The number of piperidine rings is 1. The van der Waals surface area contributed by atoms with Gasteiger partial charge in [-0.15, -0.1) is 0 Å².